The zero-order valence-electron chi connectivity index (χ0n) is 16.3. The Morgan fingerprint density at radius 3 is 2.50 bits per heavy atom. The summed E-state index contributed by atoms with van der Waals surface area (Å²) in [5.41, 5.74) is 0.811. The second kappa shape index (κ2) is 9.97. The minimum Gasteiger partial charge on any atom is -0.338 e. The van der Waals surface area contributed by atoms with Crippen LogP contribution >= 0.6 is 11.8 Å². The van der Waals surface area contributed by atoms with Crippen molar-refractivity contribution in [3.8, 4) is 0 Å². The van der Waals surface area contributed by atoms with E-state index in [2.05, 4.69) is 36.0 Å². The van der Waals surface area contributed by atoms with Crippen LogP contribution in [0.5, 0.6) is 0 Å². The molecule has 6 heteroatoms. The fourth-order valence-electron chi connectivity index (χ4n) is 3.19. The van der Waals surface area contributed by atoms with E-state index in [-0.39, 0.29) is 17.9 Å². The minimum atomic E-state index is -0.0629. The number of rotatable bonds is 7. The third kappa shape index (κ3) is 6.65. The van der Waals surface area contributed by atoms with Crippen LogP contribution in [0.15, 0.2) is 29.2 Å². The van der Waals surface area contributed by atoms with Crippen molar-refractivity contribution >= 4 is 29.3 Å². The monoisotopic (exact) mass is 377 g/mol. The molecular formula is C20H31N3O2S. The van der Waals surface area contributed by atoms with E-state index in [0.29, 0.717) is 12.3 Å². The summed E-state index contributed by atoms with van der Waals surface area (Å²) in [7, 11) is 2.08. The number of carbonyl (C=O) groups excluding carboxylic acids is 2. The van der Waals surface area contributed by atoms with Crippen molar-refractivity contribution < 1.29 is 9.59 Å². The molecule has 1 aromatic rings. The molecule has 2 rings (SSSR count). The van der Waals surface area contributed by atoms with E-state index in [4.69, 9.17) is 0 Å². The fraction of sp³-hybridized carbons (Fsp3) is 0.600. The van der Waals surface area contributed by atoms with E-state index in [1.165, 1.54) is 6.92 Å². The highest BCUT2D eigenvalue weighted by atomic mass is 32.2. The summed E-state index contributed by atoms with van der Waals surface area (Å²) >= 11 is 1.78. The molecule has 0 saturated carbocycles. The van der Waals surface area contributed by atoms with Crippen LogP contribution in [0.4, 0.5) is 5.69 Å². The molecule has 144 valence electrons. The van der Waals surface area contributed by atoms with Crippen molar-refractivity contribution in [2.75, 3.05) is 37.8 Å². The van der Waals surface area contributed by atoms with Crippen molar-refractivity contribution in [3.05, 3.63) is 24.3 Å². The van der Waals surface area contributed by atoms with E-state index in [1.54, 1.807) is 11.8 Å². The molecule has 0 radical (unpaired) electrons. The van der Waals surface area contributed by atoms with Crippen LogP contribution in [0.2, 0.25) is 0 Å². The molecular weight excluding hydrogens is 346 g/mol. The Bertz CT molecular complexity index is 604. The number of nitrogens with one attached hydrogen (secondary N) is 1. The maximum atomic E-state index is 12.6. The molecule has 1 aromatic carbocycles. The van der Waals surface area contributed by atoms with E-state index in [1.807, 2.05) is 24.3 Å². The summed E-state index contributed by atoms with van der Waals surface area (Å²) in [6.45, 7) is 8.55. The maximum absolute atomic E-state index is 12.6. The lowest BCUT2D eigenvalue weighted by Gasteiger charge is -2.32. The average molecular weight is 378 g/mol. The summed E-state index contributed by atoms with van der Waals surface area (Å²) in [5.74, 6) is 1.66. The Morgan fingerprint density at radius 2 is 1.88 bits per heavy atom. The van der Waals surface area contributed by atoms with Crippen LogP contribution in [0.3, 0.4) is 0 Å². The molecule has 0 aromatic heterocycles. The van der Waals surface area contributed by atoms with Crippen molar-refractivity contribution in [1.29, 1.82) is 0 Å². The Kier molecular flexibility index (Phi) is 7.97. The molecule has 1 aliphatic rings. The normalized spacial score (nSPS) is 17.3. The van der Waals surface area contributed by atoms with Gasteiger partial charge in [0.05, 0.1) is 0 Å². The fourth-order valence-corrected chi connectivity index (χ4v) is 4.22. The SMILES string of the molecule is CC(=O)Nc1ccc(SC[C@H](CC(C)C)N2CCN(C)CCC2=O)cc1. The molecule has 1 saturated heterocycles. The van der Waals surface area contributed by atoms with Gasteiger partial charge in [0.15, 0.2) is 0 Å². The average Bonchev–Trinajstić information content (AvgIpc) is 2.74. The molecule has 0 aliphatic carbocycles. The molecule has 0 bridgehead atoms. The van der Waals surface area contributed by atoms with Gasteiger partial charge in [-0.05, 0) is 43.7 Å². The van der Waals surface area contributed by atoms with Gasteiger partial charge < -0.3 is 15.1 Å². The number of benzene rings is 1. The van der Waals surface area contributed by atoms with Crippen molar-refractivity contribution in [1.82, 2.24) is 9.80 Å². The number of carbonyl (C=O) groups is 2. The van der Waals surface area contributed by atoms with E-state index in [9.17, 15) is 9.59 Å². The van der Waals surface area contributed by atoms with E-state index < -0.39 is 0 Å². The highest BCUT2D eigenvalue weighted by Gasteiger charge is 2.27. The van der Waals surface area contributed by atoms with Crippen LogP contribution in [0.1, 0.15) is 33.6 Å². The molecule has 1 aliphatic heterocycles. The lowest BCUT2D eigenvalue weighted by Crippen LogP contribution is -2.43. The van der Waals surface area contributed by atoms with Crippen molar-refractivity contribution in [3.63, 3.8) is 0 Å². The Labute approximate surface area is 161 Å². The van der Waals surface area contributed by atoms with E-state index >= 15 is 0 Å². The largest absolute Gasteiger partial charge is 0.338 e. The van der Waals surface area contributed by atoms with Gasteiger partial charge in [-0.3, -0.25) is 9.59 Å². The highest BCUT2D eigenvalue weighted by molar-refractivity contribution is 7.99. The summed E-state index contributed by atoms with van der Waals surface area (Å²) in [6.07, 6.45) is 1.63. The molecule has 5 nitrogen and oxygen atoms in total. The first-order valence-electron chi connectivity index (χ1n) is 9.33. The molecule has 1 atom stereocenters. The second-order valence-electron chi connectivity index (χ2n) is 7.44. The predicted molar refractivity (Wildman–Crippen MR) is 109 cm³/mol. The number of likely N-dealkylation sites (N-methyl/N-ethyl adjacent to an activating group) is 1. The van der Waals surface area contributed by atoms with Gasteiger partial charge in [-0.2, -0.15) is 0 Å². The molecule has 2 amide bonds. The molecule has 1 heterocycles. The van der Waals surface area contributed by atoms with Crippen LogP contribution in [0.25, 0.3) is 0 Å². The smallest absolute Gasteiger partial charge is 0.224 e. The number of anilines is 1. The van der Waals surface area contributed by atoms with Gasteiger partial charge in [0.25, 0.3) is 0 Å². The zero-order valence-corrected chi connectivity index (χ0v) is 17.1. The second-order valence-corrected chi connectivity index (χ2v) is 8.53. The number of hydrogen-bond acceptors (Lipinski definition) is 4. The minimum absolute atomic E-state index is 0.0629. The number of thioether (sulfide) groups is 1. The van der Waals surface area contributed by atoms with E-state index in [0.717, 1.165) is 42.4 Å². The summed E-state index contributed by atoms with van der Waals surface area (Å²) in [6, 6.07) is 8.16. The lowest BCUT2D eigenvalue weighted by molar-refractivity contribution is -0.132. The van der Waals surface area contributed by atoms with Gasteiger partial charge in [-0.15, -0.1) is 11.8 Å². The van der Waals surface area contributed by atoms with Crippen LogP contribution in [-0.2, 0) is 9.59 Å². The number of hydrogen-bond donors (Lipinski definition) is 1. The highest BCUT2D eigenvalue weighted by Crippen LogP contribution is 2.25. The molecule has 0 unspecified atom stereocenters. The van der Waals surface area contributed by atoms with Gasteiger partial charge in [-0.25, -0.2) is 0 Å². The van der Waals surface area contributed by atoms with Crippen molar-refractivity contribution in [2.24, 2.45) is 5.92 Å². The Balaban J connectivity index is 2.00. The number of nitrogens with zero attached hydrogens (tertiary/aromatic N) is 2. The molecule has 1 fully saturated rings. The number of amides is 2. The van der Waals surface area contributed by atoms with Gasteiger partial charge >= 0.3 is 0 Å². The van der Waals surface area contributed by atoms with Gasteiger partial charge in [-0.1, -0.05) is 13.8 Å². The third-order valence-corrected chi connectivity index (χ3v) is 5.71. The first-order chi connectivity index (χ1) is 12.3. The Morgan fingerprint density at radius 1 is 1.19 bits per heavy atom. The quantitative estimate of drug-likeness (QED) is 0.741. The molecule has 1 N–H and O–H groups in total. The van der Waals surface area contributed by atoms with Gasteiger partial charge in [0.1, 0.15) is 0 Å². The van der Waals surface area contributed by atoms with Crippen LogP contribution < -0.4 is 5.32 Å². The Hall–Kier alpha value is -1.53. The zero-order chi connectivity index (χ0) is 19.1. The molecule has 0 spiro atoms. The van der Waals surface area contributed by atoms with Crippen LogP contribution in [0, 0.1) is 5.92 Å². The predicted octanol–water partition coefficient (Wildman–Crippen LogP) is 3.32. The molecule has 26 heavy (non-hydrogen) atoms. The lowest BCUT2D eigenvalue weighted by atomic mass is 10.0. The third-order valence-electron chi connectivity index (χ3n) is 4.55. The topological polar surface area (TPSA) is 52.7 Å². The van der Waals surface area contributed by atoms with Crippen LogP contribution in [-0.4, -0.2) is 60.1 Å². The first-order valence-corrected chi connectivity index (χ1v) is 10.3. The maximum Gasteiger partial charge on any atom is 0.224 e. The first kappa shape index (κ1) is 20.8. The standard InChI is InChI=1S/C20H31N3O2S/c1-15(2)13-18(23-12-11-22(4)10-9-20(23)25)14-26-19-7-5-17(6-8-19)21-16(3)24/h5-8,15,18H,9-14H2,1-4H3,(H,21,24)/t18-/m0/s1. The van der Waals surface area contributed by atoms with Gasteiger partial charge in [0, 0.05) is 55.4 Å². The van der Waals surface area contributed by atoms with Gasteiger partial charge in [0.2, 0.25) is 11.8 Å². The summed E-state index contributed by atoms with van der Waals surface area (Å²) in [5, 5.41) is 2.79. The summed E-state index contributed by atoms with van der Waals surface area (Å²) < 4.78 is 0. The van der Waals surface area contributed by atoms with Crippen molar-refractivity contribution in [2.45, 2.75) is 44.6 Å². The summed E-state index contributed by atoms with van der Waals surface area (Å²) in [4.78, 5) is 29.2.